The van der Waals surface area contributed by atoms with Crippen LogP contribution in [-0.2, 0) is 0 Å². The molecule has 0 spiro atoms. The van der Waals surface area contributed by atoms with Crippen LogP contribution in [0.2, 0.25) is 0 Å². The van der Waals surface area contributed by atoms with Gasteiger partial charge in [-0.15, -0.1) is 0 Å². The van der Waals surface area contributed by atoms with Crippen molar-refractivity contribution in [3.63, 3.8) is 0 Å². The molecule has 3 rings (SSSR count). The molecular formula is C12H18N4O. The predicted molar refractivity (Wildman–Crippen MR) is 64.7 cm³/mol. The lowest BCUT2D eigenvalue weighted by Crippen LogP contribution is -2.44. The number of piperidine rings is 1. The Labute approximate surface area is 101 Å². The Kier molecular flexibility index (Phi) is 2.76. The summed E-state index contributed by atoms with van der Waals surface area (Å²) in [4.78, 5) is 17.0. The molecule has 0 radical (unpaired) electrons. The molecular weight excluding hydrogens is 216 g/mol. The van der Waals surface area contributed by atoms with Crippen molar-refractivity contribution in [3.8, 4) is 0 Å². The van der Waals surface area contributed by atoms with E-state index in [-0.39, 0.29) is 12.1 Å². The zero-order valence-electron chi connectivity index (χ0n) is 9.78. The second-order valence-corrected chi connectivity index (χ2v) is 4.78. The topological polar surface area (TPSA) is 60.2 Å². The predicted octanol–water partition coefficient (Wildman–Crippen LogP) is 0.833. The summed E-state index contributed by atoms with van der Waals surface area (Å²) in [5, 5.41) is 6.38. The number of aromatic amines is 1. The molecule has 1 unspecified atom stereocenters. The first kappa shape index (κ1) is 10.7. The minimum atomic E-state index is 0.0862. The van der Waals surface area contributed by atoms with Crippen LogP contribution in [0.15, 0.2) is 18.5 Å². The molecule has 3 heterocycles. The third-order valence-corrected chi connectivity index (χ3v) is 3.71. The first-order valence-corrected chi connectivity index (χ1v) is 6.25. The molecule has 0 aliphatic carbocycles. The van der Waals surface area contributed by atoms with Crippen LogP contribution in [0.25, 0.3) is 0 Å². The number of carbonyl (C=O) groups excluding carboxylic acids is 1. The van der Waals surface area contributed by atoms with E-state index in [1.54, 1.807) is 0 Å². The van der Waals surface area contributed by atoms with Crippen molar-refractivity contribution >= 4 is 6.03 Å². The van der Waals surface area contributed by atoms with Gasteiger partial charge in [0.2, 0.25) is 0 Å². The SMILES string of the molecule is O=C1NC(c2cc[nH]c2)CN1C1CCNCC1. The fourth-order valence-corrected chi connectivity index (χ4v) is 2.73. The first-order valence-electron chi connectivity index (χ1n) is 6.25. The molecule has 3 N–H and O–H groups in total. The van der Waals surface area contributed by atoms with Gasteiger partial charge in [-0.3, -0.25) is 0 Å². The third-order valence-electron chi connectivity index (χ3n) is 3.71. The van der Waals surface area contributed by atoms with Gasteiger partial charge in [-0.1, -0.05) is 0 Å². The number of H-pyrrole nitrogens is 1. The van der Waals surface area contributed by atoms with Crippen molar-refractivity contribution in [3.05, 3.63) is 24.0 Å². The molecule has 2 fully saturated rings. The van der Waals surface area contributed by atoms with Crippen LogP contribution in [0.3, 0.4) is 0 Å². The van der Waals surface area contributed by atoms with Gasteiger partial charge in [-0.05, 0) is 37.6 Å². The zero-order valence-corrected chi connectivity index (χ0v) is 9.78. The van der Waals surface area contributed by atoms with Crippen molar-refractivity contribution in [1.29, 1.82) is 0 Å². The Balaban J connectivity index is 1.69. The van der Waals surface area contributed by atoms with Gasteiger partial charge in [-0.2, -0.15) is 0 Å². The van der Waals surface area contributed by atoms with Gasteiger partial charge in [0.05, 0.1) is 6.04 Å². The van der Waals surface area contributed by atoms with Crippen molar-refractivity contribution in [2.75, 3.05) is 19.6 Å². The van der Waals surface area contributed by atoms with Crippen LogP contribution in [-0.4, -0.2) is 41.6 Å². The Hall–Kier alpha value is -1.49. The van der Waals surface area contributed by atoms with Gasteiger partial charge < -0.3 is 20.5 Å². The van der Waals surface area contributed by atoms with E-state index < -0.39 is 0 Å². The number of urea groups is 1. The molecule has 5 heteroatoms. The van der Waals surface area contributed by atoms with Crippen molar-refractivity contribution in [2.24, 2.45) is 0 Å². The van der Waals surface area contributed by atoms with Crippen LogP contribution >= 0.6 is 0 Å². The molecule has 0 saturated carbocycles. The molecule has 2 saturated heterocycles. The number of aromatic nitrogens is 1. The normalized spacial score (nSPS) is 26.2. The summed E-state index contributed by atoms with van der Waals surface area (Å²) in [6, 6.07) is 2.66. The summed E-state index contributed by atoms with van der Waals surface area (Å²) in [6.07, 6.45) is 5.98. The highest BCUT2D eigenvalue weighted by Gasteiger charge is 2.34. The monoisotopic (exact) mass is 234 g/mol. The van der Waals surface area contributed by atoms with Gasteiger partial charge in [0.1, 0.15) is 0 Å². The highest BCUT2D eigenvalue weighted by Crippen LogP contribution is 2.24. The number of hydrogen-bond donors (Lipinski definition) is 3. The van der Waals surface area contributed by atoms with E-state index in [9.17, 15) is 4.79 Å². The molecule has 1 aromatic rings. The summed E-state index contributed by atoms with van der Waals surface area (Å²) in [7, 11) is 0. The largest absolute Gasteiger partial charge is 0.367 e. The molecule has 0 bridgehead atoms. The molecule has 2 aliphatic heterocycles. The van der Waals surface area contributed by atoms with Crippen LogP contribution in [0, 0.1) is 0 Å². The van der Waals surface area contributed by atoms with E-state index in [4.69, 9.17) is 0 Å². The van der Waals surface area contributed by atoms with Crippen molar-refractivity contribution < 1.29 is 4.79 Å². The highest BCUT2D eigenvalue weighted by atomic mass is 16.2. The maximum atomic E-state index is 12.0. The molecule has 92 valence electrons. The highest BCUT2D eigenvalue weighted by molar-refractivity contribution is 5.77. The molecule has 1 aromatic heterocycles. The molecule has 5 nitrogen and oxygen atoms in total. The van der Waals surface area contributed by atoms with E-state index in [1.807, 2.05) is 23.4 Å². The lowest BCUT2D eigenvalue weighted by atomic mass is 10.0. The minimum absolute atomic E-state index is 0.0862. The summed E-state index contributed by atoms with van der Waals surface area (Å²) in [5.74, 6) is 0. The summed E-state index contributed by atoms with van der Waals surface area (Å²) in [5.41, 5.74) is 1.16. The van der Waals surface area contributed by atoms with Gasteiger partial charge in [0.15, 0.2) is 0 Å². The number of nitrogens with zero attached hydrogens (tertiary/aromatic N) is 1. The van der Waals surface area contributed by atoms with Crippen LogP contribution in [0.4, 0.5) is 4.79 Å². The second-order valence-electron chi connectivity index (χ2n) is 4.78. The van der Waals surface area contributed by atoms with Gasteiger partial charge in [-0.25, -0.2) is 4.79 Å². The number of carbonyl (C=O) groups is 1. The summed E-state index contributed by atoms with van der Waals surface area (Å²) >= 11 is 0. The lowest BCUT2D eigenvalue weighted by molar-refractivity contribution is 0.182. The van der Waals surface area contributed by atoms with E-state index in [1.165, 1.54) is 0 Å². The maximum Gasteiger partial charge on any atom is 0.318 e. The molecule has 0 aromatic carbocycles. The Morgan fingerprint density at radius 1 is 1.29 bits per heavy atom. The summed E-state index contributed by atoms with van der Waals surface area (Å²) in [6.45, 7) is 2.83. The second kappa shape index (κ2) is 4.41. The average Bonchev–Trinajstić information content (AvgIpc) is 2.99. The molecule has 1 atom stereocenters. The average molecular weight is 234 g/mol. The van der Waals surface area contributed by atoms with Gasteiger partial charge in [0.25, 0.3) is 0 Å². The minimum Gasteiger partial charge on any atom is -0.367 e. The van der Waals surface area contributed by atoms with Crippen LogP contribution < -0.4 is 10.6 Å². The van der Waals surface area contributed by atoms with E-state index in [0.717, 1.165) is 38.0 Å². The van der Waals surface area contributed by atoms with Crippen LogP contribution in [0.5, 0.6) is 0 Å². The Morgan fingerprint density at radius 3 is 2.82 bits per heavy atom. The third kappa shape index (κ3) is 2.02. The molecule has 2 amide bonds. The number of nitrogens with one attached hydrogen (secondary N) is 3. The standard InChI is InChI=1S/C12H18N4O/c17-12-15-11(9-1-4-14-7-9)8-16(12)10-2-5-13-6-3-10/h1,4,7,10-11,13-14H,2-3,5-6,8H2,(H,15,17). The van der Waals surface area contributed by atoms with Crippen molar-refractivity contribution in [1.82, 2.24) is 20.5 Å². The van der Waals surface area contributed by atoms with Crippen LogP contribution in [0.1, 0.15) is 24.4 Å². The Morgan fingerprint density at radius 2 is 2.12 bits per heavy atom. The lowest BCUT2D eigenvalue weighted by Gasteiger charge is -2.30. The number of rotatable bonds is 2. The van der Waals surface area contributed by atoms with E-state index in [0.29, 0.717) is 6.04 Å². The number of hydrogen-bond acceptors (Lipinski definition) is 2. The first-order chi connectivity index (χ1) is 8.34. The molecule has 17 heavy (non-hydrogen) atoms. The maximum absolute atomic E-state index is 12.0. The van der Waals surface area contributed by atoms with Crippen molar-refractivity contribution in [2.45, 2.75) is 24.9 Å². The van der Waals surface area contributed by atoms with Gasteiger partial charge in [0, 0.05) is 25.0 Å². The van der Waals surface area contributed by atoms with E-state index >= 15 is 0 Å². The zero-order chi connectivity index (χ0) is 11.7. The van der Waals surface area contributed by atoms with E-state index in [2.05, 4.69) is 15.6 Å². The smallest absolute Gasteiger partial charge is 0.318 e. The quantitative estimate of drug-likeness (QED) is 0.710. The fraction of sp³-hybridized carbons (Fsp3) is 0.583. The Bertz CT molecular complexity index is 383. The number of amides is 2. The fourth-order valence-electron chi connectivity index (χ4n) is 2.73. The van der Waals surface area contributed by atoms with Gasteiger partial charge >= 0.3 is 6.03 Å². The summed E-state index contributed by atoms with van der Waals surface area (Å²) < 4.78 is 0. The molecule has 2 aliphatic rings.